The quantitative estimate of drug-likeness (QED) is 0.917. The molecule has 0 aliphatic carbocycles. The summed E-state index contributed by atoms with van der Waals surface area (Å²) in [5.41, 5.74) is 0.160. The van der Waals surface area contributed by atoms with E-state index in [1.54, 1.807) is 0 Å². The van der Waals surface area contributed by atoms with E-state index in [0.717, 1.165) is 6.07 Å². The van der Waals surface area contributed by atoms with Gasteiger partial charge < -0.3 is 10.0 Å². The number of nitrogens with zero attached hydrogens (tertiary/aromatic N) is 1. The minimum Gasteiger partial charge on any atom is -0.481 e. The van der Waals surface area contributed by atoms with Crippen molar-refractivity contribution in [3.05, 3.63) is 35.4 Å². The minimum absolute atomic E-state index is 0.0483. The van der Waals surface area contributed by atoms with E-state index < -0.39 is 23.5 Å². The van der Waals surface area contributed by atoms with E-state index in [0.29, 0.717) is 13.0 Å². The second kappa shape index (κ2) is 5.98. The number of rotatable bonds is 4. The number of carboxylic acid groups (broad SMARTS) is 1. The summed E-state index contributed by atoms with van der Waals surface area (Å²) in [6.07, 6.45) is 0.596. The summed E-state index contributed by atoms with van der Waals surface area (Å²) in [4.78, 5) is 24.2. The van der Waals surface area contributed by atoms with Crippen molar-refractivity contribution in [3.63, 3.8) is 0 Å². The third kappa shape index (κ3) is 3.12. The zero-order chi connectivity index (χ0) is 14.7. The Morgan fingerprint density at radius 2 is 2.10 bits per heavy atom. The van der Waals surface area contributed by atoms with E-state index in [2.05, 4.69) is 0 Å². The number of benzene rings is 1. The van der Waals surface area contributed by atoms with E-state index in [1.807, 2.05) is 0 Å². The van der Waals surface area contributed by atoms with Gasteiger partial charge in [-0.2, -0.15) is 0 Å². The Hall–Kier alpha value is -1.98. The Morgan fingerprint density at radius 1 is 1.35 bits per heavy atom. The van der Waals surface area contributed by atoms with Crippen molar-refractivity contribution in [3.8, 4) is 0 Å². The topological polar surface area (TPSA) is 57.6 Å². The maximum Gasteiger partial charge on any atom is 0.308 e. The lowest BCUT2D eigenvalue weighted by atomic mass is 10.1. The standard InChI is InChI=1S/C14H15F2NO3/c15-11-3-1-2-9(13(11)16)4-5-12(18)17-7-6-10(8-17)14(19)20/h1-3,10H,4-8H2,(H,19,20). The van der Waals surface area contributed by atoms with Crippen LogP contribution in [0.25, 0.3) is 0 Å². The molecule has 1 unspecified atom stereocenters. The number of amides is 1. The monoisotopic (exact) mass is 283 g/mol. The smallest absolute Gasteiger partial charge is 0.308 e. The molecule has 4 nitrogen and oxygen atoms in total. The Bertz CT molecular complexity index is 533. The third-order valence-corrected chi connectivity index (χ3v) is 3.53. The number of aryl methyl sites for hydroxylation is 1. The fraction of sp³-hybridized carbons (Fsp3) is 0.429. The Morgan fingerprint density at radius 3 is 2.75 bits per heavy atom. The van der Waals surface area contributed by atoms with Gasteiger partial charge in [-0.25, -0.2) is 8.78 Å². The number of aliphatic carboxylic acids is 1. The van der Waals surface area contributed by atoms with Crippen molar-refractivity contribution in [2.24, 2.45) is 5.92 Å². The predicted molar refractivity (Wildman–Crippen MR) is 67.0 cm³/mol. The van der Waals surface area contributed by atoms with Crippen LogP contribution in [-0.2, 0) is 16.0 Å². The van der Waals surface area contributed by atoms with Crippen LogP contribution < -0.4 is 0 Å². The van der Waals surface area contributed by atoms with Gasteiger partial charge in [0.05, 0.1) is 5.92 Å². The first-order valence-corrected chi connectivity index (χ1v) is 6.42. The van der Waals surface area contributed by atoms with Crippen LogP contribution in [0.4, 0.5) is 8.78 Å². The van der Waals surface area contributed by atoms with Crippen molar-refractivity contribution in [2.75, 3.05) is 13.1 Å². The number of halogens is 2. The molecule has 0 radical (unpaired) electrons. The molecule has 1 aromatic carbocycles. The highest BCUT2D eigenvalue weighted by Crippen LogP contribution is 2.19. The number of hydrogen-bond donors (Lipinski definition) is 1. The largest absolute Gasteiger partial charge is 0.481 e. The lowest BCUT2D eigenvalue weighted by Crippen LogP contribution is -2.30. The van der Waals surface area contributed by atoms with Gasteiger partial charge in [0, 0.05) is 19.5 Å². The highest BCUT2D eigenvalue weighted by molar-refractivity contribution is 5.78. The summed E-state index contributed by atoms with van der Waals surface area (Å²) in [7, 11) is 0. The predicted octanol–water partition coefficient (Wildman–Crippen LogP) is 1.83. The molecule has 0 saturated carbocycles. The number of likely N-dealkylation sites (tertiary alicyclic amines) is 1. The fourth-order valence-electron chi connectivity index (χ4n) is 2.33. The number of carbonyl (C=O) groups excluding carboxylic acids is 1. The molecule has 108 valence electrons. The number of carboxylic acids is 1. The molecule has 1 saturated heterocycles. The molecule has 0 aromatic heterocycles. The Balaban J connectivity index is 1.90. The molecule has 1 fully saturated rings. The van der Waals surface area contributed by atoms with Gasteiger partial charge in [0.15, 0.2) is 11.6 Å². The second-order valence-electron chi connectivity index (χ2n) is 4.88. The van der Waals surface area contributed by atoms with E-state index >= 15 is 0 Å². The van der Waals surface area contributed by atoms with Gasteiger partial charge >= 0.3 is 5.97 Å². The van der Waals surface area contributed by atoms with Crippen molar-refractivity contribution < 1.29 is 23.5 Å². The molecule has 1 aliphatic heterocycles. The van der Waals surface area contributed by atoms with Crippen LogP contribution in [0.15, 0.2) is 18.2 Å². The zero-order valence-electron chi connectivity index (χ0n) is 10.8. The van der Waals surface area contributed by atoms with Crippen molar-refractivity contribution in [2.45, 2.75) is 19.3 Å². The summed E-state index contributed by atoms with van der Waals surface area (Å²) in [5.74, 6) is -3.51. The molecule has 1 aliphatic rings. The molecule has 0 spiro atoms. The van der Waals surface area contributed by atoms with Crippen LogP contribution in [-0.4, -0.2) is 35.0 Å². The summed E-state index contributed by atoms with van der Waals surface area (Å²) < 4.78 is 26.4. The van der Waals surface area contributed by atoms with Crippen LogP contribution in [0.2, 0.25) is 0 Å². The molecule has 0 bridgehead atoms. The minimum atomic E-state index is -0.929. The van der Waals surface area contributed by atoms with E-state index in [1.165, 1.54) is 17.0 Å². The average molecular weight is 283 g/mol. The van der Waals surface area contributed by atoms with Gasteiger partial charge in [-0.1, -0.05) is 12.1 Å². The first-order chi connectivity index (χ1) is 9.49. The van der Waals surface area contributed by atoms with E-state index in [-0.39, 0.29) is 30.9 Å². The van der Waals surface area contributed by atoms with Crippen LogP contribution in [0.3, 0.4) is 0 Å². The fourth-order valence-corrected chi connectivity index (χ4v) is 2.33. The van der Waals surface area contributed by atoms with Crippen molar-refractivity contribution in [1.82, 2.24) is 4.90 Å². The third-order valence-electron chi connectivity index (χ3n) is 3.53. The zero-order valence-corrected chi connectivity index (χ0v) is 10.8. The van der Waals surface area contributed by atoms with Gasteiger partial charge in [-0.15, -0.1) is 0 Å². The first-order valence-electron chi connectivity index (χ1n) is 6.42. The SMILES string of the molecule is O=C(O)C1CCN(C(=O)CCc2cccc(F)c2F)C1. The van der Waals surface area contributed by atoms with E-state index in [4.69, 9.17) is 5.11 Å². The highest BCUT2D eigenvalue weighted by Gasteiger charge is 2.30. The Labute approximate surface area is 115 Å². The van der Waals surface area contributed by atoms with Crippen LogP contribution in [0.1, 0.15) is 18.4 Å². The van der Waals surface area contributed by atoms with Gasteiger partial charge in [-0.3, -0.25) is 9.59 Å². The summed E-state index contributed by atoms with van der Waals surface area (Å²) in [5, 5.41) is 8.86. The highest BCUT2D eigenvalue weighted by atomic mass is 19.2. The normalized spacial score (nSPS) is 18.3. The molecule has 2 rings (SSSR count). The first kappa shape index (κ1) is 14.4. The van der Waals surface area contributed by atoms with Gasteiger partial charge in [0.2, 0.25) is 5.91 Å². The number of hydrogen-bond acceptors (Lipinski definition) is 2. The summed E-state index contributed by atoms with van der Waals surface area (Å²) in [6.45, 7) is 0.598. The molecule has 1 atom stereocenters. The van der Waals surface area contributed by atoms with E-state index in [9.17, 15) is 18.4 Å². The molecular formula is C14H15F2NO3. The van der Waals surface area contributed by atoms with Crippen LogP contribution in [0, 0.1) is 17.6 Å². The van der Waals surface area contributed by atoms with Gasteiger partial charge in [0.25, 0.3) is 0 Å². The summed E-state index contributed by atoms with van der Waals surface area (Å²) in [6, 6.07) is 3.86. The lowest BCUT2D eigenvalue weighted by molar-refractivity contribution is -0.141. The van der Waals surface area contributed by atoms with Gasteiger partial charge in [-0.05, 0) is 24.5 Å². The van der Waals surface area contributed by atoms with Gasteiger partial charge in [0.1, 0.15) is 0 Å². The maximum absolute atomic E-state index is 13.4. The molecule has 1 amide bonds. The molecule has 20 heavy (non-hydrogen) atoms. The van der Waals surface area contributed by atoms with Crippen molar-refractivity contribution >= 4 is 11.9 Å². The molecule has 1 N–H and O–H groups in total. The summed E-state index contributed by atoms with van der Waals surface area (Å²) >= 11 is 0. The molecule has 1 aromatic rings. The van der Waals surface area contributed by atoms with Crippen molar-refractivity contribution in [1.29, 1.82) is 0 Å². The second-order valence-corrected chi connectivity index (χ2v) is 4.88. The average Bonchev–Trinajstić information content (AvgIpc) is 2.90. The number of carbonyl (C=O) groups is 2. The maximum atomic E-state index is 13.4. The molecule has 6 heteroatoms. The molecular weight excluding hydrogens is 268 g/mol. The van der Waals surface area contributed by atoms with Crippen LogP contribution >= 0.6 is 0 Å². The Kier molecular flexibility index (Phi) is 4.32. The lowest BCUT2D eigenvalue weighted by Gasteiger charge is -2.15. The molecule has 1 heterocycles. The van der Waals surface area contributed by atoms with Crippen LogP contribution in [0.5, 0.6) is 0 Å².